The number of carbonyl (C=O) groups excluding carboxylic acids is 1. The zero-order chi connectivity index (χ0) is 21.0. The van der Waals surface area contributed by atoms with Gasteiger partial charge >= 0.3 is 0 Å². The van der Waals surface area contributed by atoms with Crippen LogP contribution < -0.4 is 20.7 Å². The average molecular weight is 415 g/mol. The highest BCUT2D eigenvalue weighted by Gasteiger charge is 2.37. The molecule has 2 aliphatic heterocycles. The van der Waals surface area contributed by atoms with E-state index in [0.29, 0.717) is 11.4 Å². The molecule has 3 aromatic rings. The van der Waals surface area contributed by atoms with Gasteiger partial charge in [-0.05, 0) is 19.1 Å². The molecule has 156 valence electrons. The monoisotopic (exact) mass is 415 g/mol. The van der Waals surface area contributed by atoms with Gasteiger partial charge in [0.2, 0.25) is 5.88 Å². The number of fused-ring (bicyclic) bond motifs is 5. The molecule has 0 unspecified atom stereocenters. The van der Waals surface area contributed by atoms with E-state index in [-0.39, 0.29) is 42.5 Å². The number of hydrogen-bond donors (Lipinski definition) is 2. The summed E-state index contributed by atoms with van der Waals surface area (Å²) in [7, 11) is 0. The molecule has 5 rings (SSSR count). The first-order valence-corrected chi connectivity index (χ1v) is 9.55. The molecule has 1 fully saturated rings. The van der Waals surface area contributed by atoms with Crippen molar-refractivity contribution in [1.29, 1.82) is 0 Å². The van der Waals surface area contributed by atoms with Crippen molar-refractivity contribution in [2.24, 2.45) is 0 Å². The molecule has 0 saturated carbocycles. The Labute approximate surface area is 169 Å². The number of anilines is 2. The molecule has 0 aliphatic carbocycles. The molecular weight excluding hydrogens is 396 g/mol. The Morgan fingerprint density at radius 2 is 2.23 bits per heavy atom. The number of pyridine rings is 1. The summed E-state index contributed by atoms with van der Waals surface area (Å²) in [6.07, 6.45) is 1.65. The van der Waals surface area contributed by atoms with E-state index >= 15 is 0 Å². The molecule has 0 radical (unpaired) electrons. The highest BCUT2D eigenvalue weighted by atomic mass is 19.1. The molecule has 30 heavy (non-hydrogen) atoms. The van der Waals surface area contributed by atoms with E-state index in [4.69, 9.17) is 10.5 Å². The molecule has 2 bridgehead atoms. The minimum absolute atomic E-state index is 0.0357. The fraction of sp³-hybridized carbons (Fsp3) is 0.368. The summed E-state index contributed by atoms with van der Waals surface area (Å²) in [6, 6.07) is 2.02. The van der Waals surface area contributed by atoms with E-state index in [1.54, 1.807) is 24.1 Å². The van der Waals surface area contributed by atoms with Crippen molar-refractivity contribution >= 4 is 23.2 Å². The molecule has 2 aliphatic rings. The first-order chi connectivity index (χ1) is 14.4. The van der Waals surface area contributed by atoms with E-state index in [9.17, 15) is 13.6 Å². The predicted octanol–water partition coefficient (Wildman–Crippen LogP) is 1.65. The lowest BCUT2D eigenvalue weighted by Gasteiger charge is -2.26. The summed E-state index contributed by atoms with van der Waals surface area (Å²) in [4.78, 5) is 23.2. The van der Waals surface area contributed by atoms with Crippen molar-refractivity contribution in [2.45, 2.75) is 31.6 Å². The van der Waals surface area contributed by atoms with Gasteiger partial charge in [0.15, 0.2) is 11.5 Å². The molecule has 9 nitrogen and oxygen atoms in total. The molecular formula is C19H19F2N7O2. The lowest BCUT2D eigenvalue weighted by atomic mass is 10.1. The summed E-state index contributed by atoms with van der Waals surface area (Å²) in [5.41, 5.74) is 6.79. The Kier molecular flexibility index (Phi) is 4.19. The number of nitrogens with one attached hydrogen (secondary N) is 1. The minimum atomic E-state index is -1.14. The predicted molar refractivity (Wildman–Crippen MR) is 104 cm³/mol. The zero-order valence-corrected chi connectivity index (χ0v) is 16.0. The number of carbonyl (C=O) groups is 1. The third-order valence-electron chi connectivity index (χ3n) is 5.32. The number of rotatable bonds is 0. The van der Waals surface area contributed by atoms with Crippen LogP contribution in [0, 0.1) is 5.82 Å². The molecule has 3 aromatic heterocycles. The van der Waals surface area contributed by atoms with Crippen LogP contribution in [0.25, 0.3) is 5.65 Å². The lowest BCUT2D eigenvalue weighted by Crippen LogP contribution is -2.37. The van der Waals surface area contributed by atoms with E-state index < -0.39 is 30.0 Å². The summed E-state index contributed by atoms with van der Waals surface area (Å²) < 4.78 is 35.7. The van der Waals surface area contributed by atoms with Crippen LogP contribution in [0.2, 0.25) is 0 Å². The van der Waals surface area contributed by atoms with E-state index in [1.165, 1.54) is 10.6 Å². The fourth-order valence-electron chi connectivity index (χ4n) is 3.99. The summed E-state index contributed by atoms with van der Waals surface area (Å²) >= 11 is 0. The highest BCUT2D eigenvalue weighted by Crippen LogP contribution is 2.40. The number of amides is 1. The second kappa shape index (κ2) is 6.78. The Hall–Kier alpha value is -3.50. The quantitative estimate of drug-likeness (QED) is 0.574. The summed E-state index contributed by atoms with van der Waals surface area (Å²) in [5, 5.41) is 6.94. The van der Waals surface area contributed by atoms with Crippen LogP contribution in [0.5, 0.6) is 5.88 Å². The van der Waals surface area contributed by atoms with Gasteiger partial charge in [-0.1, -0.05) is 0 Å². The minimum Gasteiger partial charge on any atom is -0.475 e. The Balaban J connectivity index is 1.72. The van der Waals surface area contributed by atoms with Crippen LogP contribution in [0.4, 0.5) is 20.4 Å². The molecule has 3 N–H and O–H groups in total. The van der Waals surface area contributed by atoms with Crippen molar-refractivity contribution in [3.63, 3.8) is 0 Å². The Bertz CT molecular complexity index is 1150. The number of ether oxygens (including phenoxy) is 1. The Morgan fingerprint density at radius 3 is 3.07 bits per heavy atom. The average Bonchev–Trinajstić information content (AvgIpc) is 3.24. The van der Waals surface area contributed by atoms with Crippen molar-refractivity contribution in [1.82, 2.24) is 24.9 Å². The van der Waals surface area contributed by atoms with Gasteiger partial charge in [-0.2, -0.15) is 0 Å². The maximum Gasteiger partial charge on any atom is 0.259 e. The van der Waals surface area contributed by atoms with Gasteiger partial charge in [0, 0.05) is 18.2 Å². The van der Waals surface area contributed by atoms with E-state index in [0.717, 1.165) is 6.20 Å². The van der Waals surface area contributed by atoms with Gasteiger partial charge in [0.25, 0.3) is 5.91 Å². The first kappa shape index (κ1) is 18.5. The zero-order valence-electron chi connectivity index (χ0n) is 16.0. The Morgan fingerprint density at radius 1 is 1.40 bits per heavy atom. The van der Waals surface area contributed by atoms with E-state index in [2.05, 4.69) is 20.4 Å². The number of nitrogen functional groups attached to an aromatic ring is 1. The second-order valence-corrected chi connectivity index (χ2v) is 7.55. The molecule has 3 atom stereocenters. The highest BCUT2D eigenvalue weighted by molar-refractivity contribution is 6.04. The maximum atomic E-state index is 14.5. The van der Waals surface area contributed by atoms with Gasteiger partial charge in [0.05, 0.1) is 24.8 Å². The normalized spacial score (nSPS) is 23.8. The fourth-order valence-corrected chi connectivity index (χ4v) is 3.99. The molecule has 11 heteroatoms. The van der Waals surface area contributed by atoms with Crippen LogP contribution in [-0.4, -0.2) is 50.9 Å². The third-order valence-corrected chi connectivity index (χ3v) is 5.32. The number of aromatic nitrogens is 4. The van der Waals surface area contributed by atoms with Crippen molar-refractivity contribution in [3.05, 3.63) is 41.5 Å². The largest absolute Gasteiger partial charge is 0.475 e. The third kappa shape index (κ3) is 2.97. The van der Waals surface area contributed by atoms with Gasteiger partial charge in [-0.3, -0.25) is 4.79 Å². The number of alkyl halides is 1. The number of halogens is 2. The van der Waals surface area contributed by atoms with E-state index in [1.807, 2.05) is 0 Å². The first-order valence-electron chi connectivity index (χ1n) is 9.55. The van der Waals surface area contributed by atoms with Crippen molar-refractivity contribution in [2.75, 3.05) is 23.8 Å². The second-order valence-electron chi connectivity index (χ2n) is 7.55. The SMILES string of the molecule is C[C@@H]1COc2ncc(F)cc2[C@H]2C[C@H](F)CN2c2ccn3nc(N)c(c3n2)C(=O)N1. The molecule has 1 saturated heterocycles. The van der Waals surface area contributed by atoms with Gasteiger partial charge in [-0.15, -0.1) is 5.10 Å². The molecule has 1 amide bonds. The van der Waals surface area contributed by atoms with Crippen LogP contribution >= 0.6 is 0 Å². The molecule has 0 spiro atoms. The summed E-state index contributed by atoms with van der Waals surface area (Å²) in [5.74, 6) is -0.335. The van der Waals surface area contributed by atoms with Crippen molar-refractivity contribution < 1.29 is 18.3 Å². The smallest absolute Gasteiger partial charge is 0.259 e. The number of nitrogens with two attached hydrogens (primary N) is 1. The lowest BCUT2D eigenvalue weighted by molar-refractivity contribution is 0.0928. The summed E-state index contributed by atoms with van der Waals surface area (Å²) in [6.45, 7) is 1.89. The number of nitrogens with zero attached hydrogens (tertiary/aromatic N) is 5. The van der Waals surface area contributed by atoms with Crippen LogP contribution in [0.15, 0.2) is 24.5 Å². The van der Waals surface area contributed by atoms with Gasteiger partial charge in [-0.25, -0.2) is 23.3 Å². The van der Waals surface area contributed by atoms with Gasteiger partial charge < -0.3 is 20.7 Å². The molecule has 0 aromatic carbocycles. The van der Waals surface area contributed by atoms with Crippen LogP contribution in [0.3, 0.4) is 0 Å². The number of hydrogen-bond acceptors (Lipinski definition) is 7. The topological polar surface area (TPSA) is 111 Å². The standard InChI is InChI=1S/C19H19F2N7O2/c1-9-8-30-19-12(4-10(20)6-23-19)13-5-11(21)7-27(13)14-2-3-28-17(25-14)15(16(22)26-28)18(29)24-9/h2-4,6,9,11,13H,5,7-8H2,1H3,(H2,22,26)(H,24,29)/t9-,11+,13-/m1/s1. The molecule has 5 heterocycles. The maximum absolute atomic E-state index is 14.5. The van der Waals surface area contributed by atoms with Crippen LogP contribution in [0.1, 0.15) is 35.3 Å². The van der Waals surface area contributed by atoms with Gasteiger partial charge in [0.1, 0.15) is 30.0 Å². The van der Waals surface area contributed by atoms with Crippen LogP contribution in [-0.2, 0) is 0 Å². The van der Waals surface area contributed by atoms with Crippen molar-refractivity contribution in [3.8, 4) is 5.88 Å².